The van der Waals surface area contributed by atoms with Crippen molar-refractivity contribution in [1.29, 1.82) is 0 Å². The van der Waals surface area contributed by atoms with E-state index in [1.54, 1.807) is 0 Å². The van der Waals surface area contributed by atoms with Gasteiger partial charge in [0.25, 0.3) is 0 Å². The summed E-state index contributed by atoms with van der Waals surface area (Å²) in [6, 6.07) is 48.3. The van der Waals surface area contributed by atoms with Crippen LogP contribution in [0, 0.1) is 0 Å². The second-order valence-corrected chi connectivity index (χ2v) is 11.4. The Kier molecular flexibility index (Phi) is 4.82. The zero-order valence-corrected chi connectivity index (χ0v) is 22.6. The summed E-state index contributed by atoms with van der Waals surface area (Å²) in [7, 11) is 0. The van der Waals surface area contributed by atoms with Gasteiger partial charge in [-0.1, -0.05) is 129 Å². The molecule has 6 aromatic rings. The summed E-state index contributed by atoms with van der Waals surface area (Å²) in [4.78, 5) is 0. The van der Waals surface area contributed by atoms with E-state index in [0.717, 1.165) is 22.5 Å². The summed E-state index contributed by atoms with van der Waals surface area (Å²) in [5.41, 5.74) is 14.1. The third-order valence-electron chi connectivity index (χ3n) is 9.08. The molecule has 2 aliphatic carbocycles. The van der Waals surface area contributed by atoms with Crippen molar-refractivity contribution in [2.45, 2.75) is 24.7 Å². The van der Waals surface area contributed by atoms with Crippen LogP contribution in [0.1, 0.15) is 47.2 Å². The molecule has 40 heavy (non-hydrogen) atoms. The molecule has 1 aromatic heterocycles. The second-order valence-electron chi connectivity index (χ2n) is 11.4. The molecule has 0 aliphatic heterocycles. The van der Waals surface area contributed by atoms with Crippen LogP contribution < -0.4 is 0 Å². The second kappa shape index (κ2) is 8.34. The SMILES string of the molecule is CC1(C)c2ccccc2C2(c3ccccc3-c3ccccc32)c2cc(-c3ccc(-c4ccccc4)nn3)ccc21. The van der Waals surface area contributed by atoms with E-state index >= 15 is 0 Å². The highest BCUT2D eigenvalue weighted by atomic mass is 15.1. The smallest absolute Gasteiger partial charge is 0.0930 e. The summed E-state index contributed by atoms with van der Waals surface area (Å²) in [6.45, 7) is 4.72. The molecular formula is C38H28N2. The molecule has 2 nitrogen and oxygen atoms in total. The predicted octanol–water partition coefficient (Wildman–Crippen LogP) is 8.81. The summed E-state index contributed by atoms with van der Waals surface area (Å²) in [5.74, 6) is 0. The van der Waals surface area contributed by atoms with E-state index in [1.165, 1.54) is 44.5 Å². The third-order valence-corrected chi connectivity index (χ3v) is 9.08. The molecule has 0 bridgehead atoms. The maximum atomic E-state index is 4.71. The molecule has 1 spiro atoms. The summed E-state index contributed by atoms with van der Waals surface area (Å²) in [5, 5.41) is 9.32. The molecule has 0 saturated carbocycles. The molecule has 0 amide bonds. The van der Waals surface area contributed by atoms with E-state index in [-0.39, 0.29) is 5.41 Å². The van der Waals surface area contributed by atoms with E-state index in [4.69, 9.17) is 5.10 Å². The van der Waals surface area contributed by atoms with Crippen LogP contribution in [0.25, 0.3) is 33.6 Å². The van der Waals surface area contributed by atoms with Gasteiger partial charge in [-0.25, -0.2) is 0 Å². The highest BCUT2D eigenvalue weighted by molar-refractivity contribution is 5.89. The lowest BCUT2D eigenvalue weighted by Gasteiger charge is -2.46. The molecule has 5 aromatic carbocycles. The van der Waals surface area contributed by atoms with Gasteiger partial charge in [0, 0.05) is 16.5 Å². The average molecular weight is 513 g/mol. The number of rotatable bonds is 2. The molecule has 0 saturated heterocycles. The van der Waals surface area contributed by atoms with Gasteiger partial charge < -0.3 is 0 Å². The van der Waals surface area contributed by atoms with E-state index in [2.05, 4.69) is 134 Å². The van der Waals surface area contributed by atoms with Gasteiger partial charge in [-0.2, -0.15) is 0 Å². The van der Waals surface area contributed by atoms with E-state index in [0.29, 0.717) is 0 Å². The largest absolute Gasteiger partial charge is 0.150 e. The number of benzene rings is 5. The Morgan fingerprint density at radius 3 is 1.52 bits per heavy atom. The third kappa shape index (κ3) is 2.99. The van der Waals surface area contributed by atoms with Gasteiger partial charge in [-0.3, -0.25) is 0 Å². The quantitative estimate of drug-likeness (QED) is 0.231. The number of nitrogens with zero attached hydrogens (tertiary/aromatic N) is 2. The van der Waals surface area contributed by atoms with Gasteiger partial charge >= 0.3 is 0 Å². The predicted molar refractivity (Wildman–Crippen MR) is 162 cm³/mol. The molecule has 0 fully saturated rings. The monoisotopic (exact) mass is 512 g/mol. The minimum Gasteiger partial charge on any atom is -0.150 e. The lowest BCUT2D eigenvalue weighted by molar-refractivity contribution is 0.563. The average Bonchev–Trinajstić information content (AvgIpc) is 3.32. The minimum absolute atomic E-state index is 0.148. The maximum Gasteiger partial charge on any atom is 0.0930 e. The Labute approximate surface area is 235 Å². The fourth-order valence-corrected chi connectivity index (χ4v) is 7.27. The van der Waals surface area contributed by atoms with Crippen LogP contribution in [0.15, 0.2) is 133 Å². The molecule has 0 radical (unpaired) electrons. The van der Waals surface area contributed by atoms with E-state index in [9.17, 15) is 0 Å². The summed E-state index contributed by atoms with van der Waals surface area (Å²) in [6.07, 6.45) is 0. The summed E-state index contributed by atoms with van der Waals surface area (Å²) < 4.78 is 0. The van der Waals surface area contributed by atoms with Crippen molar-refractivity contribution in [2.24, 2.45) is 0 Å². The molecule has 2 heteroatoms. The Balaban J connectivity index is 1.41. The van der Waals surface area contributed by atoms with Crippen molar-refractivity contribution in [2.75, 3.05) is 0 Å². The topological polar surface area (TPSA) is 25.8 Å². The van der Waals surface area contributed by atoms with Crippen molar-refractivity contribution in [3.8, 4) is 33.6 Å². The van der Waals surface area contributed by atoms with Gasteiger partial charge in [-0.05, 0) is 62.7 Å². The zero-order valence-electron chi connectivity index (χ0n) is 22.6. The first-order chi connectivity index (χ1) is 19.6. The van der Waals surface area contributed by atoms with Crippen molar-refractivity contribution in [3.63, 3.8) is 0 Å². The standard InChI is InChI=1S/C38H28N2/c1-37(2)31-18-10-11-19-33(31)38(29-16-8-6-14-27(29)28-15-7-9-17-30(28)38)34-24-26(20-21-32(34)37)36-23-22-35(39-40-36)25-12-4-3-5-13-25/h3-24H,1-2H3. The van der Waals surface area contributed by atoms with Crippen LogP contribution in [0.5, 0.6) is 0 Å². The molecule has 1 heterocycles. The van der Waals surface area contributed by atoms with Gasteiger partial charge in [0.15, 0.2) is 0 Å². The van der Waals surface area contributed by atoms with Crippen LogP contribution >= 0.6 is 0 Å². The van der Waals surface area contributed by atoms with Crippen LogP contribution in [0.2, 0.25) is 0 Å². The normalized spacial score (nSPS) is 15.2. The van der Waals surface area contributed by atoms with Crippen molar-refractivity contribution >= 4 is 0 Å². The number of hydrogen-bond acceptors (Lipinski definition) is 2. The zero-order chi connectivity index (χ0) is 26.9. The van der Waals surface area contributed by atoms with Crippen molar-refractivity contribution in [3.05, 3.63) is 167 Å². The molecule has 0 unspecified atom stereocenters. The van der Waals surface area contributed by atoms with Gasteiger partial charge in [0.05, 0.1) is 16.8 Å². The first kappa shape index (κ1) is 23.1. The number of hydrogen-bond donors (Lipinski definition) is 0. The summed E-state index contributed by atoms with van der Waals surface area (Å²) >= 11 is 0. The van der Waals surface area contributed by atoms with Crippen LogP contribution in [0.4, 0.5) is 0 Å². The highest BCUT2D eigenvalue weighted by Gasteiger charge is 2.53. The fraction of sp³-hybridized carbons (Fsp3) is 0.105. The van der Waals surface area contributed by atoms with Gasteiger partial charge in [-0.15, -0.1) is 10.2 Å². The van der Waals surface area contributed by atoms with Crippen LogP contribution in [-0.2, 0) is 10.8 Å². The van der Waals surface area contributed by atoms with Crippen molar-refractivity contribution < 1.29 is 0 Å². The van der Waals surface area contributed by atoms with Crippen LogP contribution in [0.3, 0.4) is 0 Å². The highest BCUT2D eigenvalue weighted by Crippen LogP contribution is 2.62. The maximum absolute atomic E-state index is 4.71. The lowest BCUT2D eigenvalue weighted by atomic mass is 9.55. The first-order valence-corrected chi connectivity index (χ1v) is 13.9. The Hall–Kier alpha value is -4.82. The lowest BCUT2D eigenvalue weighted by Crippen LogP contribution is -2.40. The Bertz CT molecular complexity index is 1870. The van der Waals surface area contributed by atoms with E-state index < -0.39 is 5.41 Å². The number of fused-ring (bicyclic) bond motifs is 9. The number of aromatic nitrogens is 2. The van der Waals surface area contributed by atoms with Gasteiger partial charge in [0.2, 0.25) is 0 Å². The molecule has 0 N–H and O–H groups in total. The molecule has 2 aliphatic rings. The molecule has 0 atom stereocenters. The van der Waals surface area contributed by atoms with Gasteiger partial charge in [0.1, 0.15) is 0 Å². The van der Waals surface area contributed by atoms with E-state index in [1.807, 2.05) is 18.2 Å². The molecule has 190 valence electrons. The fourth-order valence-electron chi connectivity index (χ4n) is 7.27. The Morgan fingerprint density at radius 2 is 0.900 bits per heavy atom. The van der Waals surface area contributed by atoms with Crippen molar-refractivity contribution in [1.82, 2.24) is 10.2 Å². The minimum atomic E-state index is -0.401. The van der Waals surface area contributed by atoms with Crippen LogP contribution in [-0.4, -0.2) is 10.2 Å². The molecule has 8 rings (SSSR count). The Morgan fingerprint density at radius 1 is 0.400 bits per heavy atom. The molecular weight excluding hydrogens is 484 g/mol. The first-order valence-electron chi connectivity index (χ1n) is 13.9.